The van der Waals surface area contributed by atoms with Crippen molar-refractivity contribution in [1.29, 1.82) is 0 Å². The van der Waals surface area contributed by atoms with E-state index in [0.29, 0.717) is 16.8 Å². The minimum atomic E-state index is -4.55. The Morgan fingerprint density at radius 3 is 2.56 bits per heavy atom. The van der Waals surface area contributed by atoms with Gasteiger partial charge in [-0.3, -0.25) is 0 Å². The van der Waals surface area contributed by atoms with Crippen molar-refractivity contribution in [2.45, 2.75) is 38.6 Å². The first-order valence-electron chi connectivity index (χ1n) is 7.51. The van der Waals surface area contributed by atoms with Crippen LogP contribution in [-0.4, -0.2) is 29.2 Å². The third kappa shape index (κ3) is 5.80. The van der Waals surface area contributed by atoms with Crippen LogP contribution in [0.1, 0.15) is 5.69 Å². The van der Waals surface area contributed by atoms with Crippen LogP contribution in [0.3, 0.4) is 0 Å². The zero-order valence-corrected chi connectivity index (χ0v) is 17.3. The lowest BCUT2D eigenvalue weighted by molar-refractivity contribution is -0.141. The zero-order chi connectivity index (χ0) is 18.8. The Labute approximate surface area is 158 Å². The van der Waals surface area contributed by atoms with E-state index in [1.807, 2.05) is 0 Å². The Kier molecular flexibility index (Phi) is 6.34. The van der Waals surface area contributed by atoms with Crippen LogP contribution in [-0.2, 0) is 17.6 Å². The first-order chi connectivity index (χ1) is 11.5. The van der Waals surface area contributed by atoms with Crippen molar-refractivity contribution >= 4 is 35.6 Å². The Bertz CT molecular complexity index is 747. The van der Waals surface area contributed by atoms with Crippen LogP contribution in [0.4, 0.5) is 13.2 Å². The standard InChI is InChI=1S/C15H18BrClF3N3OSi/c1-25(2,3)5-4-24-9-23-8-12(15(18,19)20)22-14(23)10-7-21-13(16)6-11(10)17/h6-8H,4-5,9H2,1-3H3. The number of rotatable bonds is 6. The number of pyridine rings is 1. The van der Waals surface area contributed by atoms with Gasteiger partial charge in [0.25, 0.3) is 0 Å². The molecule has 2 aromatic heterocycles. The van der Waals surface area contributed by atoms with Gasteiger partial charge in [0.1, 0.15) is 17.2 Å². The molecular weight excluding hydrogens is 439 g/mol. The molecule has 0 saturated carbocycles. The van der Waals surface area contributed by atoms with Crippen molar-refractivity contribution in [3.63, 3.8) is 0 Å². The quantitative estimate of drug-likeness (QED) is 0.318. The molecule has 0 aliphatic heterocycles. The summed E-state index contributed by atoms with van der Waals surface area (Å²) in [5.41, 5.74) is -0.676. The molecule has 0 atom stereocenters. The molecule has 138 valence electrons. The van der Waals surface area contributed by atoms with E-state index in [1.165, 1.54) is 16.8 Å². The molecule has 4 nitrogen and oxygen atoms in total. The molecule has 0 aliphatic rings. The fraction of sp³-hybridized carbons (Fsp3) is 0.467. The molecule has 0 amide bonds. The number of aromatic nitrogens is 3. The van der Waals surface area contributed by atoms with Gasteiger partial charge in [-0.1, -0.05) is 31.2 Å². The molecule has 25 heavy (non-hydrogen) atoms. The van der Waals surface area contributed by atoms with E-state index < -0.39 is 19.9 Å². The molecule has 0 aromatic carbocycles. The summed E-state index contributed by atoms with van der Waals surface area (Å²) in [4.78, 5) is 7.72. The van der Waals surface area contributed by atoms with Crippen molar-refractivity contribution < 1.29 is 17.9 Å². The lowest BCUT2D eigenvalue weighted by atomic mass is 10.2. The van der Waals surface area contributed by atoms with Gasteiger partial charge in [0.15, 0.2) is 5.69 Å². The molecular formula is C15H18BrClF3N3OSi. The van der Waals surface area contributed by atoms with Crippen molar-refractivity contribution in [3.05, 3.63) is 33.8 Å². The van der Waals surface area contributed by atoms with E-state index in [0.717, 1.165) is 12.2 Å². The smallest absolute Gasteiger partial charge is 0.361 e. The molecule has 0 radical (unpaired) electrons. The third-order valence-corrected chi connectivity index (χ3v) is 5.81. The van der Waals surface area contributed by atoms with Gasteiger partial charge in [0.2, 0.25) is 0 Å². The second-order valence-corrected chi connectivity index (χ2v) is 13.6. The van der Waals surface area contributed by atoms with E-state index in [9.17, 15) is 13.2 Å². The predicted octanol–water partition coefficient (Wildman–Crippen LogP) is 5.69. The van der Waals surface area contributed by atoms with Gasteiger partial charge >= 0.3 is 6.18 Å². The number of hydrogen-bond donors (Lipinski definition) is 0. The topological polar surface area (TPSA) is 39.9 Å². The molecule has 10 heteroatoms. The average Bonchev–Trinajstić information content (AvgIpc) is 2.86. The van der Waals surface area contributed by atoms with E-state index in [-0.39, 0.29) is 17.6 Å². The van der Waals surface area contributed by atoms with Gasteiger partial charge in [-0.05, 0) is 28.0 Å². The predicted molar refractivity (Wildman–Crippen MR) is 97.3 cm³/mol. The van der Waals surface area contributed by atoms with Crippen molar-refractivity contribution in [2.75, 3.05) is 6.61 Å². The highest BCUT2D eigenvalue weighted by atomic mass is 79.9. The first kappa shape index (κ1) is 20.4. The van der Waals surface area contributed by atoms with E-state index in [2.05, 4.69) is 45.5 Å². The van der Waals surface area contributed by atoms with Gasteiger partial charge in [0.05, 0.1) is 10.6 Å². The highest BCUT2D eigenvalue weighted by Crippen LogP contribution is 2.33. The number of imidazole rings is 1. The summed E-state index contributed by atoms with van der Waals surface area (Å²) in [6.07, 6.45) is -2.23. The van der Waals surface area contributed by atoms with E-state index >= 15 is 0 Å². The van der Waals surface area contributed by atoms with Crippen LogP contribution in [0.25, 0.3) is 11.4 Å². The Balaban J connectivity index is 2.29. The van der Waals surface area contributed by atoms with Crippen molar-refractivity contribution in [3.8, 4) is 11.4 Å². The Hall–Kier alpha value is -0.903. The molecule has 0 unspecified atom stereocenters. The molecule has 0 aliphatic carbocycles. The highest BCUT2D eigenvalue weighted by Gasteiger charge is 2.35. The Morgan fingerprint density at radius 2 is 2.00 bits per heavy atom. The monoisotopic (exact) mass is 455 g/mol. The maximum absolute atomic E-state index is 13.0. The van der Waals surface area contributed by atoms with Crippen LogP contribution in [0.15, 0.2) is 23.1 Å². The maximum Gasteiger partial charge on any atom is 0.434 e. The average molecular weight is 457 g/mol. The number of alkyl halides is 3. The highest BCUT2D eigenvalue weighted by molar-refractivity contribution is 9.10. The fourth-order valence-electron chi connectivity index (χ4n) is 1.98. The molecule has 2 aromatic rings. The number of halogens is 5. The molecule has 2 rings (SSSR count). The van der Waals surface area contributed by atoms with Gasteiger partial charge in [-0.2, -0.15) is 13.2 Å². The molecule has 0 bridgehead atoms. The molecule has 0 spiro atoms. The second-order valence-electron chi connectivity index (χ2n) is 6.75. The van der Waals surface area contributed by atoms with Crippen molar-refractivity contribution in [1.82, 2.24) is 14.5 Å². The molecule has 0 saturated heterocycles. The van der Waals surface area contributed by atoms with E-state index in [1.54, 1.807) is 0 Å². The molecule has 0 N–H and O–H groups in total. The SMILES string of the molecule is C[Si](C)(C)CCOCn1cc(C(F)(F)F)nc1-c1cnc(Br)cc1Cl. The molecule has 2 heterocycles. The van der Waals surface area contributed by atoms with Gasteiger partial charge in [-0.25, -0.2) is 9.97 Å². The minimum absolute atomic E-state index is 0.0325. The number of ether oxygens (including phenoxy) is 1. The van der Waals surface area contributed by atoms with Crippen LogP contribution < -0.4 is 0 Å². The number of hydrogen-bond acceptors (Lipinski definition) is 3. The fourth-order valence-corrected chi connectivity index (χ4v) is 3.44. The summed E-state index contributed by atoms with van der Waals surface area (Å²) < 4.78 is 46.5. The first-order valence-corrected chi connectivity index (χ1v) is 12.4. The normalized spacial score (nSPS) is 12.6. The van der Waals surface area contributed by atoms with Crippen LogP contribution in [0, 0.1) is 0 Å². The minimum Gasteiger partial charge on any atom is -0.361 e. The zero-order valence-electron chi connectivity index (χ0n) is 14.0. The Morgan fingerprint density at radius 1 is 1.32 bits per heavy atom. The lowest BCUT2D eigenvalue weighted by Gasteiger charge is -2.16. The van der Waals surface area contributed by atoms with Crippen LogP contribution >= 0.6 is 27.5 Å². The number of nitrogens with zero attached hydrogens (tertiary/aromatic N) is 3. The van der Waals surface area contributed by atoms with Gasteiger partial charge in [0, 0.05) is 27.1 Å². The summed E-state index contributed by atoms with van der Waals surface area (Å²) in [7, 11) is -1.28. The van der Waals surface area contributed by atoms with Gasteiger partial charge in [-0.15, -0.1) is 0 Å². The summed E-state index contributed by atoms with van der Waals surface area (Å²) in [6, 6.07) is 2.43. The summed E-state index contributed by atoms with van der Waals surface area (Å²) >= 11 is 9.31. The summed E-state index contributed by atoms with van der Waals surface area (Å²) in [6.45, 7) is 7.06. The largest absolute Gasteiger partial charge is 0.434 e. The molecule has 0 fully saturated rings. The van der Waals surface area contributed by atoms with Crippen LogP contribution in [0.2, 0.25) is 30.7 Å². The van der Waals surface area contributed by atoms with E-state index in [4.69, 9.17) is 16.3 Å². The third-order valence-electron chi connectivity index (χ3n) is 3.35. The van der Waals surface area contributed by atoms with Crippen molar-refractivity contribution in [2.24, 2.45) is 0 Å². The van der Waals surface area contributed by atoms with Gasteiger partial charge < -0.3 is 9.30 Å². The van der Waals surface area contributed by atoms with Crippen LogP contribution in [0.5, 0.6) is 0 Å². The summed E-state index contributed by atoms with van der Waals surface area (Å²) in [5.74, 6) is 0.0744. The summed E-state index contributed by atoms with van der Waals surface area (Å²) in [5, 5.41) is 0.254. The lowest BCUT2D eigenvalue weighted by Crippen LogP contribution is -2.22. The maximum atomic E-state index is 13.0. The second kappa shape index (κ2) is 7.77.